The number of anilines is 1. The second-order valence-electron chi connectivity index (χ2n) is 7.98. The minimum Gasteiger partial charge on any atom is -0.443 e. The number of aliphatic hydroxyl groups is 1. The van der Waals surface area contributed by atoms with Gasteiger partial charge < -0.3 is 9.84 Å². The first-order valence-electron chi connectivity index (χ1n) is 9.42. The van der Waals surface area contributed by atoms with Gasteiger partial charge in [0.15, 0.2) is 0 Å². The van der Waals surface area contributed by atoms with E-state index in [9.17, 15) is 9.90 Å². The molecule has 0 unspecified atom stereocenters. The highest BCUT2D eigenvalue weighted by molar-refractivity contribution is 9.10. The molecule has 1 amide bonds. The maximum atomic E-state index is 12.6. The molecule has 0 aromatic carbocycles. The Morgan fingerprint density at radius 3 is 2.63 bits per heavy atom. The quantitative estimate of drug-likeness (QED) is 0.766. The van der Waals surface area contributed by atoms with Gasteiger partial charge in [0.05, 0.1) is 23.0 Å². The fraction of sp³-hybridized carbons (Fsp3) is 0.632. The number of fused-ring (bicyclic) bond motifs is 1. The van der Waals surface area contributed by atoms with E-state index in [1.165, 1.54) is 4.90 Å². The van der Waals surface area contributed by atoms with E-state index >= 15 is 0 Å². The fourth-order valence-corrected chi connectivity index (χ4v) is 3.89. The molecule has 1 aliphatic carbocycles. The van der Waals surface area contributed by atoms with E-state index in [0.717, 1.165) is 41.2 Å². The summed E-state index contributed by atoms with van der Waals surface area (Å²) in [6.07, 6.45) is 4.43. The molecule has 1 fully saturated rings. The van der Waals surface area contributed by atoms with Gasteiger partial charge in [-0.2, -0.15) is 5.10 Å². The largest absolute Gasteiger partial charge is 0.443 e. The van der Waals surface area contributed by atoms with Gasteiger partial charge in [-0.05, 0) is 69.3 Å². The first-order chi connectivity index (χ1) is 12.7. The van der Waals surface area contributed by atoms with Gasteiger partial charge in [0.25, 0.3) is 0 Å². The molecule has 7 nitrogen and oxygen atoms in total. The maximum Gasteiger partial charge on any atom is 0.415 e. The highest BCUT2D eigenvalue weighted by Gasteiger charge is 2.26. The number of hydrogen-bond acceptors (Lipinski definition) is 5. The summed E-state index contributed by atoms with van der Waals surface area (Å²) in [7, 11) is 0. The highest BCUT2D eigenvalue weighted by Crippen LogP contribution is 2.34. The maximum absolute atomic E-state index is 12.6. The minimum atomic E-state index is -0.567. The highest BCUT2D eigenvalue weighted by atomic mass is 79.9. The Hall–Kier alpha value is -1.67. The number of amides is 1. The number of carbonyl (C=O) groups excluding carboxylic acids is 1. The Bertz CT molecular complexity index is 822. The van der Waals surface area contributed by atoms with Crippen LogP contribution in [0.3, 0.4) is 0 Å². The summed E-state index contributed by atoms with van der Waals surface area (Å²) in [6.45, 7) is 7.89. The minimum absolute atomic E-state index is 0.216. The average molecular weight is 439 g/mol. The molecular formula is C19H27BrN4O3. The van der Waals surface area contributed by atoms with Crippen LogP contribution in [0.1, 0.15) is 59.4 Å². The Morgan fingerprint density at radius 1 is 1.37 bits per heavy atom. The lowest BCUT2D eigenvalue weighted by Gasteiger charge is -2.27. The predicted molar refractivity (Wildman–Crippen MR) is 108 cm³/mol. The van der Waals surface area contributed by atoms with Gasteiger partial charge in [-0.1, -0.05) is 0 Å². The SMILES string of the molecule is CCN(C(=O)OC(C)(C)C)c1cc2c(cn1)c(Br)nn2C1CCC(O)CC1. The number of nitrogens with zero attached hydrogens (tertiary/aromatic N) is 4. The van der Waals surface area contributed by atoms with E-state index in [0.29, 0.717) is 12.4 Å². The molecule has 2 aromatic heterocycles. The molecule has 0 atom stereocenters. The lowest BCUT2D eigenvalue weighted by molar-refractivity contribution is 0.0581. The number of aliphatic hydroxyl groups excluding tert-OH is 1. The Kier molecular flexibility index (Phi) is 5.76. The van der Waals surface area contributed by atoms with Crippen LogP contribution in [0.15, 0.2) is 16.9 Å². The van der Waals surface area contributed by atoms with Crippen LogP contribution >= 0.6 is 15.9 Å². The fourth-order valence-electron chi connectivity index (χ4n) is 3.42. The molecule has 0 aliphatic heterocycles. The second-order valence-corrected chi connectivity index (χ2v) is 8.73. The average Bonchev–Trinajstić information content (AvgIpc) is 2.91. The smallest absolute Gasteiger partial charge is 0.415 e. The third-order valence-corrected chi connectivity index (χ3v) is 5.34. The summed E-state index contributed by atoms with van der Waals surface area (Å²) in [5.41, 5.74) is 0.359. The molecule has 1 saturated carbocycles. The zero-order valence-corrected chi connectivity index (χ0v) is 17.9. The van der Waals surface area contributed by atoms with Crippen molar-refractivity contribution in [2.75, 3.05) is 11.4 Å². The summed E-state index contributed by atoms with van der Waals surface area (Å²) in [6, 6.07) is 2.12. The molecular weight excluding hydrogens is 412 g/mol. The molecule has 148 valence electrons. The van der Waals surface area contributed by atoms with Crippen molar-refractivity contribution in [3.8, 4) is 0 Å². The summed E-state index contributed by atoms with van der Waals surface area (Å²) in [4.78, 5) is 18.5. The van der Waals surface area contributed by atoms with Crippen LogP contribution in [-0.2, 0) is 4.74 Å². The van der Waals surface area contributed by atoms with E-state index in [-0.39, 0.29) is 12.1 Å². The van der Waals surface area contributed by atoms with Gasteiger partial charge in [0.2, 0.25) is 0 Å². The number of pyridine rings is 1. The molecule has 2 aromatic rings. The number of aromatic nitrogens is 3. The number of rotatable bonds is 3. The van der Waals surface area contributed by atoms with Gasteiger partial charge in [0.1, 0.15) is 16.0 Å². The topological polar surface area (TPSA) is 80.5 Å². The first-order valence-corrected chi connectivity index (χ1v) is 10.2. The van der Waals surface area contributed by atoms with Crippen LogP contribution in [0.4, 0.5) is 10.6 Å². The van der Waals surface area contributed by atoms with Gasteiger partial charge in [-0.25, -0.2) is 9.78 Å². The van der Waals surface area contributed by atoms with Crippen molar-refractivity contribution in [3.63, 3.8) is 0 Å². The normalized spacial score (nSPS) is 20.7. The summed E-state index contributed by atoms with van der Waals surface area (Å²) < 4.78 is 8.25. The van der Waals surface area contributed by atoms with Crippen molar-refractivity contribution < 1.29 is 14.6 Å². The van der Waals surface area contributed by atoms with E-state index in [1.54, 1.807) is 6.20 Å². The first kappa shape index (κ1) is 20.1. The molecule has 0 spiro atoms. The molecule has 0 saturated heterocycles. The molecule has 0 radical (unpaired) electrons. The number of hydrogen-bond donors (Lipinski definition) is 1. The molecule has 3 rings (SSSR count). The van der Waals surface area contributed by atoms with Crippen LogP contribution in [-0.4, -0.2) is 44.2 Å². The molecule has 2 heterocycles. The zero-order valence-electron chi connectivity index (χ0n) is 16.3. The van der Waals surface area contributed by atoms with Crippen molar-refractivity contribution in [2.24, 2.45) is 0 Å². The number of halogens is 1. The molecule has 0 bridgehead atoms. The van der Waals surface area contributed by atoms with E-state index in [4.69, 9.17) is 4.74 Å². The second kappa shape index (κ2) is 7.75. The van der Waals surface area contributed by atoms with Crippen molar-refractivity contribution in [1.29, 1.82) is 0 Å². The van der Waals surface area contributed by atoms with E-state index < -0.39 is 11.7 Å². The van der Waals surface area contributed by atoms with Gasteiger partial charge >= 0.3 is 6.09 Å². The summed E-state index contributed by atoms with van der Waals surface area (Å²) in [5, 5.41) is 15.3. The predicted octanol–water partition coefficient (Wildman–Crippen LogP) is 4.43. The standard InChI is InChI=1S/C19H27BrN4O3/c1-5-23(18(26)27-19(2,3)4)16-10-15-14(11-21-16)17(20)22-24(15)12-6-8-13(25)9-7-12/h10-13,25H,5-9H2,1-4H3. The van der Waals surface area contributed by atoms with Crippen molar-refractivity contribution in [2.45, 2.75) is 71.1 Å². The monoisotopic (exact) mass is 438 g/mol. The Balaban J connectivity index is 1.95. The van der Waals surface area contributed by atoms with Crippen LogP contribution in [0, 0.1) is 0 Å². The summed E-state index contributed by atoms with van der Waals surface area (Å²) in [5.74, 6) is 0.545. The molecule has 1 N–H and O–H groups in total. The zero-order chi connectivity index (χ0) is 19.8. The van der Waals surface area contributed by atoms with Gasteiger partial charge in [-0.15, -0.1) is 0 Å². The van der Waals surface area contributed by atoms with Crippen molar-refractivity contribution in [3.05, 3.63) is 16.9 Å². The van der Waals surface area contributed by atoms with Crippen LogP contribution < -0.4 is 4.90 Å². The Labute approximate surface area is 167 Å². The molecule has 8 heteroatoms. The van der Waals surface area contributed by atoms with Gasteiger partial charge in [-0.3, -0.25) is 9.58 Å². The number of ether oxygens (including phenoxy) is 1. The number of carbonyl (C=O) groups is 1. The van der Waals surface area contributed by atoms with Crippen molar-refractivity contribution >= 4 is 38.7 Å². The molecule has 27 heavy (non-hydrogen) atoms. The third kappa shape index (κ3) is 4.43. The lowest BCUT2D eigenvalue weighted by atomic mass is 9.93. The van der Waals surface area contributed by atoms with Gasteiger partial charge in [0, 0.05) is 18.8 Å². The van der Waals surface area contributed by atoms with Crippen LogP contribution in [0.2, 0.25) is 0 Å². The summed E-state index contributed by atoms with van der Waals surface area (Å²) >= 11 is 3.52. The van der Waals surface area contributed by atoms with Crippen LogP contribution in [0.5, 0.6) is 0 Å². The lowest BCUT2D eigenvalue weighted by Crippen LogP contribution is -2.37. The van der Waals surface area contributed by atoms with Crippen LogP contribution in [0.25, 0.3) is 10.9 Å². The van der Waals surface area contributed by atoms with E-state index in [2.05, 4.69) is 26.0 Å². The molecule has 1 aliphatic rings. The van der Waals surface area contributed by atoms with E-state index in [1.807, 2.05) is 38.4 Å². The van der Waals surface area contributed by atoms with Crippen molar-refractivity contribution in [1.82, 2.24) is 14.8 Å². The third-order valence-electron chi connectivity index (χ3n) is 4.75. The Morgan fingerprint density at radius 2 is 2.04 bits per heavy atom.